The molecule has 346 valence electrons. The second-order valence-electron chi connectivity index (χ2n) is 17.5. The second kappa shape index (κ2) is 48.7. The Balaban J connectivity index is 3.49. The number of allylic oxidation sites excluding steroid dienone is 6. The summed E-state index contributed by atoms with van der Waals surface area (Å²) < 4.78 is 5.46. The molecular formula is C53H99NO5. The highest BCUT2D eigenvalue weighted by Gasteiger charge is 2.20. The number of ether oxygens (including phenoxy) is 1. The van der Waals surface area contributed by atoms with Gasteiger partial charge in [0.15, 0.2) is 0 Å². The van der Waals surface area contributed by atoms with E-state index in [1.807, 2.05) is 0 Å². The van der Waals surface area contributed by atoms with Crippen molar-refractivity contribution in [1.29, 1.82) is 0 Å². The van der Waals surface area contributed by atoms with Crippen LogP contribution < -0.4 is 5.32 Å². The van der Waals surface area contributed by atoms with E-state index in [-0.39, 0.29) is 18.5 Å². The lowest BCUT2D eigenvalue weighted by Gasteiger charge is -2.22. The summed E-state index contributed by atoms with van der Waals surface area (Å²) in [4.78, 5) is 24.5. The maximum atomic E-state index is 12.4. The van der Waals surface area contributed by atoms with E-state index in [1.165, 1.54) is 154 Å². The molecule has 1 amide bonds. The molecule has 0 aliphatic carbocycles. The quantitative estimate of drug-likeness (QED) is 0.0323. The number of carbonyl (C=O) groups is 2. The van der Waals surface area contributed by atoms with Gasteiger partial charge in [-0.3, -0.25) is 9.59 Å². The van der Waals surface area contributed by atoms with Crippen molar-refractivity contribution in [2.45, 2.75) is 276 Å². The van der Waals surface area contributed by atoms with Gasteiger partial charge in [-0.1, -0.05) is 204 Å². The van der Waals surface area contributed by atoms with Crippen molar-refractivity contribution in [1.82, 2.24) is 5.32 Å². The molecule has 0 saturated heterocycles. The van der Waals surface area contributed by atoms with Crippen molar-refractivity contribution in [2.75, 3.05) is 13.2 Å². The van der Waals surface area contributed by atoms with E-state index >= 15 is 0 Å². The molecule has 0 aromatic rings. The minimum Gasteiger partial charge on any atom is -0.466 e. The van der Waals surface area contributed by atoms with Gasteiger partial charge in [0, 0.05) is 12.8 Å². The lowest BCUT2D eigenvalue weighted by Crippen LogP contribution is -2.45. The summed E-state index contributed by atoms with van der Waals surface area (Å²) in [5.41, 5.74) is 0. The van der Waals surface area contributed by atoms with Crippen LogP contribution in [0, 0.1) is 0 Å². The van der Waals surface area contributed by atoms with Crippen LogP contribution in [0.4, 0.5) is 0 Å². The Kier molecular flexibility index (Phi) is 47.2. The number of unbranched alkanes of at least 4 members (excludes halogenated alkanes) is 30. The van der Waals surface area contributed by atoms with Crippen molar-refractivity contribution >= 4 is 11.9 Å². The van der Waals surface area contributed by atoms with E-state index in [0.717, 1.165) is 77.0 Å². The Morgan fingerprint density at radius 1 is 0.475 bits per heavy atom. The number of carbonyl (C=O) groups excluding carboxylic acids is 2. The number of rotatable bonds is 47. The molecule has 2 unspecified atom stereocenters. The van der Waals surface area contributed by atoms with Crippen LogP contribution in [0.5, 0.6) is 0 Å². The summed E-state index contributed by atoms with van der Waals surface area (Å²) in [5, 5.41) is 23.1. The Labute approximate surface area is 366 Å². The Bertz CT molecular complexity index is 962. The zero-order chi connectivity index (χ0) is 43.0. The minimum absolute atomic E-state index is 0.0209. The van der Waals surface area contributed by atoms with Gasteiger partial charge >= 0.3 is 5.97 Å². The summed E-state index contributed by atoms with van der Waals surface area (Å²) in [6, 6.07) is -0.561. The summed E-state index contributed by atoms with van der Waals surface area (Å²) >= 11 is 0. The topological polar surface area (TPSA) is 95.9 Å². The largest absolute Gasteiger partial charge is 0.466 e. The normalized spacial score (nSPS) is 12.9. The molecular weight excluding hydrogens is 731 g/mol. The van der Waals surface area contributed by atoms with Crippen molar-refractivity contribution < 1.29 is 24.5 Å². The fraction of sp³-hybridized carbons (Fsp3) is 0.849. The molecule has 6 nitrogen and oxygen atoms in total. The smallest absolute Gasteiger partial charge is 0.305 e. The lowest BCUT2D eigenvalue weighted by atomic mass is 10.0. The molecule has 59 heavy (non-hydrogen) atoms. The van der Waals surface area contributed by atoms with Crippen LogP contribution in [-0.2, 0) is 14.3 Å². The first-order chi connectivity index (χ1) is 29.0. The Morgan fingerprint density at radius 2 is 0.847 bits per heavy atom. The third-order valence-corrected chi connectivity index (χ3v) is 11.7. The van der Waals surface area contributed by atoms with E-state index in [9.17, 15) is 19.8 Å². The van der Waals surface area contributed by atoms with Gasteiger partial charge in [-0.25, -0.2) is 0 Å². The van der Waals surface area contributed by atoms with Crippen LogP contribution >= 0.6 is 0 Å². The van der Waals surface area contributed by atoms with Crippen LogP contribution in [0.25, 0.3) is 0 Å². The lowest BCUT2D eigenvalue weighted by molar-refractivity contribution is -0.143. The summed E-state index contributed by atoms with van der Waals surface area (Å²) in [7, 11) is 0. The van der Waals surface area contributed by atoms with Gasteiger partial charge in [0.05, 0.1) is 25.4 Å². The van der Waals surface area contributed by atoms with E-state index in [4.69, 9.17) is 4.74 Å². The highest BCUT2D eigenvalue weighted by molar-refractivity contribution is 5.76. The maximum absolute atomic E-state index is 12.4. The monoisotopic (exact) mass is 830 g/mol. The van der Waals surface area contributed by atoms with Crippen LogP contribution in [0.15, 0.2) is 36.5 Å². The van der Waals surface area contributed by atoms with E-state index in [2.05, 4.69) is 55.6 Å². The average molecular weight is 830 g/mol. The fourth-order valence-corrected chi connectivity index (χ4v) is 7.66. The zero-order valence-electron chi connectivity index (χ0n) is 39.2. The predicted octanol–water partition coefficient (Wildman–Crippen LogP) is 15.3. The molecule has 0 aromatic heterocycles. The molecule has 0 saturated carbocycles. The third kappa shape index (κ3) is 45.4. The van der Waals surface area contributed by atoms with Crippen molar-refractivity contribution in [3.8, 4) is 0 Å². The summed E-state index contributed by atoms with van der Waals surface area (Å²) in [5.74, 6) is -0.0878. The number of esters is 1. The van der Waals surface area contributed by atoms with E-state index < -0.39 is 12.1 Å². The number of amides is 1. The maximum Gasteiger partial charge on any atom is 0.305 e. The minimum atomic E-state index is -0.681. The summed E-state index contributed by atoms with van der Waals surface area (Å²) in [6.45, 7) is 4.87. The first kappa shape index (κ1) is 57.1. The molecule has 0 aromatic carbocycles. The van der Waals surface area contributed by atoms with Crippen LogP contribution in [0.2, 0.25) is 0 Å². The first-order valence-corrected chi connectivity index (χ1v) is 25.7. The first-order valence-electron chi connectivity index (χ1n) is 25.7. The van der Waals surface area contributed by atoms with Crippen LogP contribution in [-0.4, -0.2) is 47.4 Å². The Hall–Kier alpha value is -1.92. The van der Waals surface area contributed by atoms with Gasteiger partial charge in [-0.15, -0.1) is 0 Å². The van der Waals surface area contributed by atoms with Crippen molar-refractivity contribution in [3.63, 3.8) is 0 Å². The van der Waals surface area contributed by atoms with E-state index in [1.54, 1.807) is 0 Å². The number of nitrogens with one attached hydrogen (secondary N) is 1. The molecule has 0 rings (SSSR count). The molecule has 0 aliphatic heterocycles. The average Bonchev–Trinajstić information content (AvgIpc) is 3.24. The standard InChI is InChI=1S/C53H99NO5/c1-3-5-7-9-11-13-15-17-18-19-20-23-27-31-35-39-43-47-53(58)59-48-44-40-36-32-28-24-21-22-26-30-34-38-42-46-52(57)54-50(49-55)51(56)45-41-37-33-29-25-16-14-12-10-8-6-4-2/h11,13,17-18,22,26,50-51,55-56H,3-10,12,14-16,19-21,23-25,27-49H2,1-2H3,(H,54,57)/b13-11-,18-17-,26-22-. The Morgan fingerprint density at radius 3 is 1.36 bits per heavy atom. The van der Waals surface area contributed by atoms with Crippen LogP contribution in [0.3, 0.4) is 0 Å². The SMILES string of the molecule is CCCCC/C=C\C/C=C\CCCCCCCCCC(=O)OCCCCCCCC/C=C\CCCCCC(=O)NC(CO)C(O)CCCCCCCCCCCCCC. The second-order valence-corrected chi connectivity index (χ2v) is 17.5. The highest BCUT2D eigenvalue weighted by atomic mass is 16.5. The molecule has 0 heterocycles. The molecule has 0 radical (unpaired) electrons. The van der Waals surface area contributed by atoms with Crippen molar-refractivity contribution in [3.05, 3.63) is 36.5 Å². The number of hydrogen-bond acceptors (Lipinski definition) is 5. The van der Waals surface area contributed by atoms with Gasteiger partial charge in [-0.2, -0.15) is 0 Å². The molecule has 2 atom stereocenters. The van der Waals surface area contributed by atoms with Gasteiger partial charge in [0.25, 0.3) is 0 Å². The summed E-state index contributed by atoms with van der Waals surface area (Å²) in [6.07, 6.45) is 58.2. The van der Waals surface area contributed by atoms with E-state index in [0.29, 0.717) is 25.9 Å². The fourth-order valence-electron chi connectivity index (χ4n) is 7.66. The van der Waals surface area contributed by atoms with Gasteiger partial charge in [0.2, 0.25) is 5.91 Å². The zero-order valence-corrected chi connectivity index (χ0v) is 39.2. The van der Waals surface area contributed by atoms with Gasteiger partial charge in [-0.05, 0) is 83.5 Å². The molecule has 0 aliphatic rings. The van der Waals surface area contributed by atoms with Crippen molar-refractivity contribution in [2.24, 2.45) is 0 Å². The van der Waals surface area contributed by atoms with Gasteiger partial charge < -0.3 is 20.3 Å². The molecule has 0 spiro atoms. The molecule has 0 fully saturated rings. The predicted molar refractivity (Wildman–Crippen MR) is 255 cm³/mol. The van der Waals surface area contributed by atoms with Gasteiger partial charge in [0.1, 0.15) is 0 Å². The van der Waals surface area contributed by atoms with Crippen LogP contribution in [0.1, 0.15) is 264 Å². The number of hydrogen-bond donors (Lipinski definition) is 3. The molecule has 3 N–H and O–H groups in total. The third-order valence-electron chi connectivity index (χ3n) is 11.7. The molecule has 6 heteroatoms. The number of aliphatic hydroxyl groups excluding tert-OH is 2. The number of aliphatic hydroxyl groups is 2. The highest BCUT2D eigenvalue weighted by Crippen LogP contribution is 2.15. The molecule has 0 bridgehead atoms.